The van der Waals surface area contributed by atoms with Crippen molar-refractivity contribution < 1.29 is 13.9 Å². The van der Waals surface area contributed by atoms with Crippen LogP contribution in [0.25, 0.3) is 0 Å². The van der Waals surface area contributed by atoms with Gasteiger partial charge in [-0.1, -0.05) is 18.5 Å². The van der Waals surface area contributed by atoms with Crippen molar-refractivity contribution in [1.29, 1.82) is 0 Å². The molecule has 0 radical (unpaired) electrons. The van der Waals surface area contributed by atoms with E-state index in [0.29, 0.717) is 36.0 Å². The molecule has 1 aliphatic heterocycles. The number of benzene rings is 2. The lowest BCUT2D eigenvalue weighted by Gasteiger charge is -2.22. The number of carbonyl (C=O) groups excluding carboxylic acids is 1. The Kier molecular flexibility index (Phi) is 4.97. The molecule has 1 aliphatic rings. The van der Waals surface area contributed by atoms with E-state index in [0.717, 1.165) is 6.42 Å². The molecule has 0 aliphatic carbocycles. The van der Waals surface area contributed by atoms with Crippen LogP contribution in [0.1, 0.15) is 23.7 Å². The Labute approximate surface area is 151 Å². The Balaban J connectivity index is 1.73. The van der Waals surface area contributed by atoms with Crippen LogP contribution in [-0.4, -0.2) is 30.4 Å². The summed E-state index contributed by atoms with van der Waals surface area (Å²) in [5.74, 6) is -0.233. The zero-order chi connectivity index (χ0) is 18.0. The molecule has 0 aromatic heterocycles. The van der Waals surface area contributed by atoms with Gasteiger partial charge in [-0.05, 0) is 60.8 Å². The topological polar surface area (TPSA) is 55.6 Å². The summed E-state index contributed by atoms with van der Waals surface area (Å²) in [5.41, 5.74) is 6.02. The van der Waals surface area contributed by atoms with Crippen LogP contribution in [0.2, 0.25) is 5.02 Å². The number of ether oxygens (including phenoxy) is 1. The Bertz CT molecular complexity index is 781. The molecule has 0 bridgehead atoms. The number of nitrogens with two attached hydrogens (primary N) is 1. The van der Waals surface area contributed by atoms with E-state index in [9.17, 15) is 9.18 Å². The fourth-order valence-electron chi connectivity index (χ4n) is 2.89. The summed E-state index contributed by atoms with van der Waals surface area (Å²) < 4.78 is 19.8. The molecule has 1 saturated heterocycles. The fraction of sp³-hybridized carbons (Fsp3) is 0.316. The first kappa shape index (κ1) is 17.7. The summed E-state index contributed by atoms with van der Waals surface area (Å²) >= 11 is 5.81. The van der Waals surface area contributed by atoms with E-state index in [-0.39, 0.29) is 17.1 Å². The van der Waals surface area contributed by atoms with E-state index in [1.165, 1.54) is 12.1 Å². The maximum absolute atomic E-state index is 14.3. The Morgan fingerprint density at radius 3 is 2.64 bits per heavy atom. The van der Waals surface area contributed by atoms with Crippen LogP contribution in [-0.2, 0) is 0 Å². The summed E-state index contributed by atoms with van der Waals surface area (Å²) in [6.45, 7) is 3.81. The number of amides is 1. The number of carbonyl (C=O) groups is 1. The van der Waals surface area contributed by atoms with Gasteiger partial charge in [-0.25, -0.2) is 4.39 Å². The van der Waals surface area contributed by atoms with Gasteiger partial charge in [0.2, 0.25) is 0 Å². The number of nitrogens with zero attached hydrogens (tertiary/aromatic N) is 1. The highest BCUT2D eigenvalue weighted by Gasteiger charge is 2.35. The molecule has 132 valence electrons. The molecule has 1 unspecified atom stereocenters. The Hall–Kier alpha value is -2.11. The smallest absolute Gasteiger partial charge is 0.253 e. The van der Waals surface area contributed by atoms with Gasteiger partial charge in [0.1, 0.15) is 5.75 Å². The van der Waals surface area contributed by atoms with E-state index in [2.05, 4.69) is 6.92 Å². The van der Waals surface area contributed by atoms with Gasteiger partial charge >= 0.3 is 0 Å². The van der Waals surface area contributed by atoms with E-state index >= 15 is 0 Å². The molecule has 1 fully saturated rings. The van der Waals surface area contributed by atoms with Crippen LogP contribution < -0.4 is 10.5 Å². The summed E-state index contributed by atoms with van der Waals surface area (Å²) in [6, 6.07) is 10.9. The van der Waals surface area contributed by atoms with Gasteiger partial charge in [-0.2, -0.15) is 0 Å². The number of hydrogen-bond acceptors (Lipinski definition) is 3. The normalized spacial score (nSPS) is 19.9. The molecule has 1 atom stereocenters. The van der Waals surface area contributed by atoms with Gasteiger partial charge < -0.3 is 15.4 Å². The van der Waals surface area contributed by atoms with Crippen molar-refractivity contribution in [3.8, 4) is 11.5 Å². The summed E-state index contributed by atoms with van der Waals surface area (Å²) in [7, 11) is 0. The van der Waals surface area contributed by atoms with Crippen LogP contribution in [0, 0.1) is 11.2 Å². The minimum atomic E-state index is -0.582. The average Bonchev–Trinajstić information content (AvgIpc) is 3.01. The molecule has 1 heterocycles. The summed E-state index contributed by atoms with van der Waals surface area (Å²) in [4.78, 5) is 14.3. The number of halogens is 2. The fourth-order valence-corrected chi connectivity index (χ4v) is 3.02. The minimum Gasteiger partial charge on any atom is -0.454 e. The molecule has 25 heavy (non-hydrogen) atoms. The maximum Gasteiger partial charge on any atom is 0.253 e. The van der Waals surface area contributed by atoms with Crippen molar-refractivity contribution in [2.75, 3.05) is 19.6 Å². The van der Waals surface area contributed by atoms with Crippen molar-refractivity contribution in [2.45, 2.75) is 13.3 Å². The zero-order valence-electron chi connectivity index (χ0n) is 14.0. The van der Waals surface area contributed by atoms with E-state index in [1.807, 2.05) is 0 Å². The number of likely N-dealkylation sites (tertiary alicyclic amines) is 1. The first-order valence-electron chi connectivity index (χ1n) is 8.12. The van der Waals surface area contributed by atoms with Crippen molar-refractivity contribution in [1.82, 2.24) is 4.90 Å². The third-order valence-corrected chi connectivity index (χ3v) is 4.81. The van der Waals surface area contributed by atoms with Crippen LogP contribution >= 0.6 is 11.6 Å². The molecule has 3 rings (SSSR count). The second-order valence-electron chi connectivity index (χ2n) is 6.69. The van der Waals surface area contributed by atoms with Crippen molar-refractivity contribution in [3.63, 3.8) is 0 Å². The summed E-state index contributed by atoms with van der Waals surface area (Å²) in [6.07, 6.45) is 0.857. The molecule has 1 amide bonds. The predicted octanol–water partition coefficient (Wildman–Crippen LogP) is 4.08. The minimum absolute atomic E-state index is 0.0621. The van der Waals surface area contributed by atoms with Gasteiger partial charge in [0, 0.05) is 23.7 Å². The van der Waals surface area contributed by atoms with E-state index in [1.54, 1.807) is 35.2 Å². The van der Waals surface area contributed by atoms with Crippen LogP contribution in [0.5, 0.6) is 11.5 Å². The van der Waals surface area contributed by atoms with Gasteiger partial charge in [0.25, 0.3) is 5.91 Å². The average molecular weight is 363 g/mol. The van der Waals surface area contributed by atoms with Crippen molar-refractivity contribution in [2.24, 2.45) is 11.1 Å². The van der Waals surface area contributed by atoms with Crippen LogP contribution in [0.4, 0.5) is 4.39 Å². The number of hydrogen-bond donors (Lipinski definition) is 1. The van der Waals surface area contributed by atoms with Gasteiger partial charge in [-0.15, -0.1) is 0 Å². The maximum atomic E-state index is 14.3. The first-order valence-corrected chi connectivity index (χ1v) is 8.50. The Morgan fingerprint density at radius 1 is 1.32 bits per heavy atom. The second-order valence-corrected chi connectivity index (χ2v) is 7.13. The number of rotatable bonds is 4. The lowest BCUT2D eigenvalue weighted by Crippen LogP contribution is -2.34. The van der Waals surface area contributed by atoms with E-state index in [4.69, 9.17) is 22.1 Å². The molecule has 2 N–H and O–H groups in total. The van der Waals surface area contributed by atoms with E-state index < -0.39 is 5.82 Å². The van der Waals surface area contributed by atoms with Crippen molar-refractivity contribution >= 4 is 17.5 Å². The molecule has 0 saturated carbocycles. The molecule has 4 nitrogen and oxygen atoms in total. The quantitative estimate of drug-likeness (QED) is 0.891. The van der Waals surface area contributed by atoms with Crippen molar-refractivity contribution in [3.05, 3.63) is 58.9 Å². The van der Waals surface area contributed by atoms with Gasteiger partial charge in [0.05, 0.1) is 0 Å². The lowest BCUT2D eigenvalue weighted by molar-refractivity contribution is 0.0776. The molecular weight excluding hydrogens is 343 g/mol. The highest BCUT2D eigenvalue weighted by atomic mass is 35.5. The Morgan fingerprint density at radius 2 is 2.04 bits per heavy atom. The molecular formula is C19H20ClFN2O2. The molecule has 6 heteroatoms. The third kappa shape index (κ3) is 3.94. The van der Waals surface area contributed by atoms with Crippen LogP contribution in [0.3, 0.4) is 0 Å². The third-order valence-electron chi connectivity index (χ3n) is 4.56. The highest BCUT2D eigenvalue weighted by molar-refractivity contribution is 6.30. The van der Waals surface area contributed by atoms with Crippen LogP contribution in [0.15, 0.2) is 42.5 Å². The first-order chi connectivity index (χ1) is 11.9. The van der Waals surface area contributed by atoms with Gasteiger partial charge in [-0.3, -0.25) is 4.79 Å². The zero-order valence-corrected chi connectivity index (χ0v) is 14.7. The monoisotopic (exact) mass is 362 g/mol. The molecule has 2 aromatic carbocycles. The second kappa shape index (κ2) is 7.02. The molecule has 2 aromatic rings. The molecule has 0 spiro atoms. The largest absolute Gasteiger partial charge is 0.454 e. The lowest BCUT2D eigenvalue weighted by atomic mass is 9.90. The highest BCUT2D eigenvalue weighted by Crippen LogP contribution is 2.31. The SMILES string of the molecule is CC1(CN)CCN(C(=O)c2ccc(Oc3ccc(Cl)cc3)c(F)c2)C1. The summed E-state index contributed by atoms with van der Waals surface area (Å²) in [5, 5.41) is 0.573. The van der Waals surface area contributed by atoms with Gasteiger partial charge in [0.15, 0.2) is 11.6 Å². The standard InChI is InChI=1S/C19H20ClFN2O2/c1-19(11-22)8-9-23(12-19)18(24)13-2-7-17(16(21)10-13)25-15-5-3-14(20)4-6-15/h2-7,10H,8-9,11-12,22H2,1H3. The predicted molar refractivity (Wildman–Crippen MR) is 95.6 cm³/mol.